The standard InChI is InChI=1S/C22H22N4O/c1-16-6-8-17(9-7-16)12-23-21(27)20-13-24-22(25-14-20)26-11-10-18-4-2-3-5-19(18)15-26/h2-9,13-14H,10-12,15H2,1H3,(H,23,27). The first-order valence-electron chi connectivity index (χ1n) is 9.16. The van der Waals surface area contributed by atoms with Gasteiger partial charge in [-0.25, -0.2) is 9.97 Å². The molecule has 3 aromatic rings. The number of nitrogens with one attached hydrogen (secondary N) is 1. The molecule has 0 bridgehead atoms. The number of nitrogens with zero attached hydrogens (tertiary/aromatic N) is 3. The molecule has 1 amide bonds. The smallest absolute Gasteiger partial charge is 0.254 e. The highest BCUT2D eigenvalue weighted by Gasteiger charge is 2.18. The van der Waals surface area contributed by atoms with Gasteiger partial charge in [-0.1, -0.05) is 54.1 Å². The van der Waals surface area contributed by atoms with Gasteiger partial charge in [0, 0.05) is 32.0 Å². The summed E-state index contributed by atoms with van der Waals surface area (Å²) in [5.74, 6) is 0.505. The third-order valence-corrected chi connectivity index (χ3v) is 4.89. The fourth-order valence-electron chi connectivity index (χ4n) is 3.26. The molecule has 0 saturated heterocycles. The Bertz CT molecular complexity index is 935. The molecule has 1 aliphatic rings. The van der Waals surface area contributed by atoms with E-state index in [-0.39, 0.29) is 5.91 Å². The van der Waals surface area contributed by atoms with E-state index in [4.69, 9.17) is 0 Å². The molecular weight excluding hydrogens is 336 g/mol. The largest absolute Gasteiger partial charge is 0.348 e. The predicted molar refractivity (Wildman–Crippen MR) is 106 cm³/mol. The van der Waals surface area contributed by atoms with Gasteiger partial charge in [0.1, 0.15) is 0 Å². The molecule has 0 fully saturated rings. The molecule has 0 saturated carbocycles. The van der Waals surface area contributed by atoms with Crippen LogP contribution in [0.4, 0.5) is 5.95 Å². The second kappa shape index (κ2) is 7.58. The van der Waals surface area contributed by atoms with Gasteiger partial charge >= 0.3 is 0 Å². The molecule has 0 aliphatic carbocycles. The van der Waals surface area contributed by atoms with Gasteiger partial charge in [-0.3, -0.25) is 4.79 Å². The van der Waals surface area contributed by atoms with Crippen molar-refractivity contribution >= 4 is 11.9 Å². The minimum Gasteiger partial charge on any atom is -0.348 e. The Hall–Kier alpha value is -3.21. The van der Waals surface area contributed by atoms with Crippen LogP contribution in [0.15, 0.2) is 60.9 Å². The van der Waals surface area contributed by atoms with Crippen molar-refractivity contribution in [3.05, 3.63) is 88.7 Å². The monoisotopic (exact) mass is 358 g/mol. The third-order valence-electron chi connectivity index (χ3n) is 4.89. The fraction of sp³-hybridized carbons (Fsp3) is 0.227. The average molecular weight is 358 g/mol. The first kappa shape index (κ1) is 17.2. The highest BCUT2D eigenvalue weighted by atomic mass is 16.1. The summed E-state index contributed by atoms with van der Waals surface area (Å²) >= 11 is 0. The predicted octanol–water partition coefficient (Wildman–Crippen LogP) is 3.28. The summed E-state index contributed by atoms with van der Waals surface area (Å²) in [7, 11) is 0. The zero-order chi connectivity index (χ0) is 18.6. The van der Waals surface area contributed by atoms with Crippen molar-refractivity contribution in [2.75, 3.05) is 11.4 Å². The minimum absolute atomic E-state index is 0.161. The molecule has 2 aromatic carbocycles. The molecule has 0 spiro atoms. The molecule has 1 N–H and O–H groups in total. The van der Waals surface area contributed by atoms with E-state index in [1.54, 1.807) is 12.4 Å². The Kier molecular flexibility index (Phi) is 4.83. The van der Waals surface area contributed by atoms with Crippen molar-refractivity contribution in [2.45, 2.75) is 26.4 Å². The minimum atomic E-state index is -0.161. The van der Waals surface area contributed by atoms with Crippen LogP contribution in [-0.4, -0.2) is 22.4 Å². The Morgan fingerprint density at radius 1 is 1.04 bits per heavy atom. The maximum atomic E-state index is 12.3. The lowest BCUT2D eigenvalue weighted by molar-refractivity contribution is 0.0950. The first-order valence-corrected chi connectivity index (χ1v) is 9.16. The van der Waals surface area contributed by atoms with Crippen LogP contribution in [0.1, 0.15) is 32.6 Å². The summed E-state index contributed by atoms with van der Waals surface area (Å²) in [6.45, 7) is 4.22. The number of benzene rings is 2. The Labute approximate surface area is 159 Å². The molecule has 5 nitrogen and oxygen atoms in total. The van der Waals surface area contributed by atoms with Crippen LogP contribution in [0, 0.1) is 6.92 Å². The Morgan fingerprint density at radius 2 is 1.74 bits per heavy atom. The number of carbonyl (C=O) groups excluding carboxylic acids is 1. The molecular formula is C22H22N4O. The number of rotatable bonds is 4. The van der Waals surface area contributed by atoms with Crippen molar-refractivity contribution in [1.82, 2.24) is 15.3 Å². The lowest BCUT2D eigenvalue weighted by Gasteiger charge is -2.28. The van der Waals surface area contributed by atoms with Crippen LogP contribution >= 0.6 is 0 Å². The molecule has 1 aromatic heterocycles. The van der Waals surface area contributed by atoms with Gasteiger partial charge in [0.15, 0.2) is 0 Å². The molecule has 0 atom stereocenters. The van der Waals surface area contributed by atoms with Gasteiger partial charge in [-0.05, 0) is 30.0 Å². The van der Waals surface area contributed by atoms with E-state index in [9.17, 15) is 4.79 Å². The van der Waals surface area contributed by atoms with Crippen LogP contribution in [0.2, 0.25) is 0 Å². The highest BCUT2D eigenvalue weighted by molar-refractivity contribution is 5.93. The zero-order valence-corrected chi connectivity index (χ0v) is 15.4. The van der Waals surface area contributed by atoms with Gasteiger partial charge in [0.05, 0.1) is 5.56 Å². The van der Waals surface area contributed by atoms with Crippen molar-refractivity contribution < 1.29 is 4.79 Å². The Morgan fingerprint density at radius 3 is 2.48 bits per heavy atom. The summed E-state index contributed by atoms with van der Waals surface area (Å²) in [6, 6.07) is 16.6. The lowest BCUT2D eigenvalue weighted by Crippen LogP contribution is -2.32. The van der Waals surface area contributed by atoms with Crippen LogP contribution in [0.25, 0.3) is 0 Å². The lowest BCUT2D eigenvalue weighted by atomic mass is 10.0. The summed E-state index contributed by atoms with van der Waals surface area (Å²) in [5, 5.41) is 2.91. The molecule has 27 heavy (non-hydrogen) atoms. The SMILES string of the molecule is Cc1ccc(CNC(=O)c2cnc(N3CCc4ccccc4C3)nc2)cc1. The number of aryl methyl sites for hydroxylation is 1. The molecule has 0 unspecified atom stereocenters. The van der Waals surface area contributed by atoms with E-state index < -0.39 is 0 Å². The topological polar surface area (TPSA) is 58.1 Å². The van der Waals surface area contributed by atoms with E-state index >= 15 is 0 Å². The van der Waals surface area contributed by atoms with Crippen molar-refractivity contribution in [2.24, 2.45) is 0 Å². The fourth-order valence-corrected chi connectivity index (χ4v) is 3.26. The first-order chi connectivity index (χ1) is 13.2. The van der Waals surface area contributed by atoms with Crippen LogP contribution in [0.5, 0.6) is 0 Å². The number of hydrogen-bond donors (Lipinski definition) is 1. The number of anilines is 1. The van der Waals surface area contributed by atoms with Crippen LogP contribution in [0.3, 0.4) is 0 Å². The second-order valence-electron chi connectivity index (χ2n) is 6.88. The van der Waals surface area contributed by atoms with Crippen LogP contribution in [-0.2, 0) is 19.5 Å². The number of hydrogen-bond acceptors (Lipinski definition) is 4. The van der Waals surface area contributed by atoms with Crippen molar-refractivity contribution in [1.29, 1.82) is 0 Å². The Balaban J connectivity index is 1.38. The molecule has 136 valence electrons. The van der Waals surface area contributed by atoms with E-state index in [1.165, 1.54) is 16.7 Å². The number of fused-ring (bicyclic) bond motifs is 1. The van der Waals surface area contributed by atoms with Gasteiger partial charge in [0.25, 0.3) is 5.91 Å². The third kappa shape index (κ3) is 3.97. The molecule has 0 radical (unpaired) electrons. The summed E-state index contributed by atoms with van der Waals surface area (Å²) < 4.78 is 0. The summed E-state index contributed by atoms with van der Waals surface area (Å²) in [6.07, 6.45) is 4.19. The summed E-state index contributed by atoms with van der Waals surface area (Å²) in [5.41, 5.74) is 5.45. The maximum absolute atomic E-state index is 12.3. The molecule has 1 aliphatic heterocycles. The van der Waals surface area contributed by atoms with Gasteiger partial charge in [-0.2, -0.15) is 0 Å². The summed E-state index contributed by atoms with van der Waals surface area (Å²) in [4.78, 5) is 23.3. The van der Waals surface area contributed by atoms with E-state index in [0.29, 0.717) is 18.1 Å². The normalized spacial score (nSPS) is 13.1. The number of aromatic nitrogens is 2. The molecule has 5 heteroatoms. The zero-order valence-electron chi connectivity index (χ0n) is 15.4. The van der Waals surface area contributed by atoms with Crippen LogP contribution < -0.4 is 10.2 Å². The van der Waals surface area contributed by atoms with Gasteiger partial charge < -0.3 is 10.2 Å². The van der Waals surface area contributed by atoms with E-state index in [1.807, 2.05) is 31.2 Å². The van der Waals surface area contributed by atoms with E-state index in [2.05, 4.69) is 44.5 Å². The highest BCUT2D eigenvalue weighted by Crippen LogP contribution is 2.21. The number of carbonyl (C=O) groups is 1. The van der Waals surface area contributed by atoms with E-state index in [0.717, 1.165) is 25.1 Å². The maximum Gasteiger partial charge on any atom is 0.254 e. The molecule has 4 rings (SSSR count). The van der Waals surface area contributed by atoms with Crippen molar-refractivity contribution in [3.63, 3.8) is 0 Å². The number of amides is 1. The average Bonchev–Trinajstić information content (AvgIpc) is 2.73. The van der Waals surface area contributed by atoms with Gasteiger partial charge in [0.2, 0.25) is 5.95 Å². The molecule has 2 heterocycles. The second-order valence-corrected chi connectivity index (χ2v) is 6.88. The quantitative estimate of drug-likeness (QED) is 0.778. The van der Waals surface area contributed by atoms with Gasteiger partial charge in [-0.15, -0.1) is 0 Å². The van der Waals surface area contributed by atoms with Crippen molar-refractivity contribution in [3.8, 4) is 0 Å².